The van der Waals surface area contributed by atoms with Gasteiger partial charge in [-0.2, -0.15) is 0 Å². The van der Waals surface area contributed by atoms with Crippen LogP contribution < -0.4 is 9.97 Å². The SMILES string of the molecule is CB1CCc2ccc(CC3CN(CC4NC=CN4C)C3)c(C)c2O1. The number of nitrogens with one attached hydrogen (secondary N) is 1. The predicted octanol–water partition coefficient (Wildman–Crippen LogP) is 2.36. The third-order valence-electron chi connectivity index (χ3n) is 5.80. The molecule has 0 bridgehead atoms. The van der Waals surface area contributed by atoms with Crippen molar-refractivity contribution >= 4 is 6.92 Å². The van der Waals surface area contributed by atoms with Crippen molar-refractivity contribution < 1.29 is 4.65 Å². The average Bonchev–Trinajstić information content (AvgIpc) is 2.93. The lowest BCUT2D eigenvalue weighted by molar-refractivity contribution is 0.0727. The van der Waals surface area contributed by atoms with Crippen LogP contribution in [0.2, 0.25) is 13.1 Å². The van der Waals surface area contributed by atoms with Crippen LogP contribution in [-0.2, 0) is 12.8 Å². The lowest BCUT2D eigenvalue weighted by Crippen LogP contribution is -2.54. The molecule has 1 saturated heterocycles. The number of rotatable bonds is 4. The molecular formula is C19H28BN3O. The molecule has 3 aliphatic heterocycles. The summed E-state index contributed by atoms with van der Waals surface area (Å²) in [5, 5.41) is 3.40. The molecule has 0 saturated carbocycles. The van der Waals surface area contributed by atoms with E-state index in [-0.39, 0.29) is 0 Å². The van der Waals surface area contributed by atoms with Crippen LogP contribution in [-0.4, -0.2) is 49.6 Å². The molecule has 5 heteroatoms. The van der Waals surface area contributed by atoms with Gasteiger partial charge in [-0.3, -0.25) is 4.90 Å². The van der Waals surface area contributed by atoms with Gasteiger partial charge in [-0.15, -0.1) is 0 Å². The largest absolute Gasteiger partial charge is 0.561 e. The van der Waals surface area contributed by atoms with E-state index in [4.69, 9.17) is 4.65 Å². The van der Waals surface area contributed by atoms with Crippen LogP contribution in [0.15, 0.2) is 24.5 Å². The summed E-state index contributed by atoms with van der Waals surface area (Å²) in [4.78, 5) is 4.80. The smallest absolute Gasteiger partial charge is 0.354 e. The highest BCUT2D eigenvalue weighted by Crippen LogP contribution is 2.34. The molecule has 1 unspecified atom stereocenters. The van der Waals surface area contributed by atoms with Gasteiger partial charge in [-0.25, -0.2) is 0 Å². The summed E-state index contributed by atoms with van der Waals surface area (Å²) < 4.78 is 6.13. The van der Waals surface area contributed by atoms with E-state index in [9.17, 15) is 0 Å². The van der Waals surface area contributed by atoms with Crippen LogP contribution in [0, 0.1) is 12.8 Å². The Morgan fingerprint density at radius 1 is 1.33 bits per heavy atom. The lowest BCUT2D eigenvalue weighted by Gasteiger charge is -2.42. The molecular weight excluding hydrogens is 297 g/mol. The summed E-state index contributed by atoms with van der Waals surface area (Å²) in [7, 11) is 2.13. The van der Waals surface area contributed by atoms with Crippen LogP contribution in [0.1, 0.15) is 16.7 Å². The van der Waals surface area contributed by atoms with E-state index in [2.05, 4.69) is 54.2 Å². The number of benzene rings is 1. The predicted molar refractivity (Wildman–Crippen MR) is 99.4 cm³/mol. The zero-order valence-electron chi connectivity index (χ0n) is 15.1. The van der Waals surface area contributed by atoms with E-state index in [0.29, 0.717) is 13.1 Å². The Bertz CT molecular complexity index is 642. The minimum Gasteiger partial charge on any atom is -0.561 e. The summed E-state index contributed by atoms with van der Waals surface area (Å²) in [5.41, 5.74) is 4.25. The molecule has 1 fully saturated rings. The summed E-state index contributed by atoms with van der Waals surface area (Å²) in [6.45, 7) is 8.30. The normalized spacial score (nSPS) is 23.7. The summed E-state index contributed by atoms with van der Waals surface area (Å²) in [5.74, 6) is 1.95. The van der Waals surface area contributed by atoms with Crippen LogP contribution >= 0.6 is 0 Å². The second kappa shape index (κ2) is 6.36. The molecule has 3 aliphatic rings. The fourth-order valence-corrected chi connectivity index (χ4v) is 4.17. The second-order valence-electron chi connectivity index (χ2n) is 7.76. The molecule has 128 valence electrons. The molecule has 4 nitrogen and oxygen atoms in total. The van der Waals surface area contributed by atoms with Gasteiger partial charge in [0.2, 0.25) is 0 Å². The Hall–Kier alpha value is -1.62. The number of aryl methyl sites for hydroxylation is 1. The molecule has 24 heavy (non-hydrogen) atoms. The van der Waals surface area contributed by atoms with Crippen molar-refractivity contribution in [2.75, 3.05) is 26.7 Å². The van der Waals surface area contributed by atoms with Crippen LogP contribution in [0.5, 0.6) is 5.75 Å². The van der Waals surface area contributed by atoms with Crippen molar-refractivity contribution in [3.63, 3.8) is 0 Å². The second-order valence-corrected chi connectivity index (χ2v) is 7.76. The number of fused-ring (bicyclic) bond motifs is 1. The Morgan fingerprint density at radius 3 is 2.92 bits per heavy atom. The maximum atomic E-state index is 6.13. The van der Waals surface area contributed by atoms with Gasteiger partial charge in [-0.05, 0) is 55.5 Å². The molecule has 3 heterocycles. The summed E-state index contributed by atoms with van der Waals surface area (Å²) in [6.07, 6.45) is 8.07. The van der Waals surface area contributed by atoms with Crippen molar-refractivity contribution in [1.82, 2.24) is 15.1 Å². The summed E-state index contributed by atoms with van der Waals surface area (Å²) in [6, 6.07) is 4.63. The van der Waals surface area contributed by atoms with Crippen molar-refractivity contribution in [2.24, 2.45) is 5.92 Å². The van der Waals surface area contributed by atoms with E-state index in [1.807, 2.05) is 6.20 Å². The Morgan fingerprint density at radius 2 is 2.17 bits per heavy atom. The highest BCUT2D eigenvalue weighted by Gasteiger charge is 2.31. The molecule has 1 aromatic carbocycles. The molecule has 0 radical (unpaired) electrons. The lowest BCUT2D eigenvalue weighted by atomic mass is 9.64. The van der Waals surface area contributed by atoms with E-state index < -0.39 is 0 Å². The number of hydrogen-bond acceptors (Lipinski definition) is 4. The minimum atomic E-state index is 0.357. The topological polar surface area (TPSA) is 27.7 Å². The first-order valence-electron chi connectivity index (χ1n) is 9.25. The van der Waals surface area contributed by atoms with Crippen LogP contribution in [0.4, 0.5) is 0 Å². The molecule has 1 atom stereocenters. The monoisotopic (exact) mass is 325 g/mol. The first-order chi connectivity index (χ1) is 11.6. The van der Waals surface area contributed by atoms with Gasteiger partial charge in [0.05, 0.1) is 0 Å². The van der Waals surface area contributed by atoms with Crippen LogP contribution in [0.3, 0.4) is 0 Å². The maximum Gasteiger partial charge on any atom is 0.354 e. The Balaban J connectivity index is 1.33. The number of nitrogens with zero attached hydrogens (tertiary/aromatic N) is 2. The molecule has 0 spiro atoms. The van der Waals surface area contributed by atoms with Crippen LogP contribution in [0.25, 0.3) is 0 Å². The summed E-state index contributed by atoms with van der Waals surface area (Å²) >= 11 is 0. The fraction of sp³-hybridized carbons (Fsp3) is 0.579. The highest BCUT2D eigenvalue weighted by molar-refractivity contribution is 6.51. The molecule has 1 N–H and O–H groups in total. The third-order valence-corrected chi connectivity index (χ3v) is 5.80. The van der Waals surface area contributed by atoms with E-state index in [1.165, 1.54) is 42.0 Å². The van der Waals surface area contributed by atoms with Gasteiger partial charge in [0.25, 0.3) is 0 Å². The fourth-order valence-electron chi connectivity index (χ4n) is 4.17. The number of likely N-dealkylation sites (tertiary alicyclic amines) is 1. The first kappa shape index (κ1) is 15.9. The van der Waals surface area contributed by atoms with Gasteiger partial charge in [0, 0.05) is 39.1 Å². The molecule has 0 aromatic heterocycles. The third kappa shape index (κ3) is 3.02. The van der Waals surface area contributed by atoms with Crippen molar-refractivity contribution in [2.45, 2.75) is 39.1 Å². The van der Waals surface area contributed by atoms with E-state index in [0.717, 1.165) is 25.2 Å². The highest BCUT2D eigenvalue weighted by atomic mass is 16.4. The molecule has 1 aromatic rings. The Labute approximate surface area is 146 Å². The Kier molecular flexibility index (Phi) is 4.21. The van der Waals surface area contributed by atoms with Crippen molar-refractivity contribution in [1.29, 1.82) is 0 Å². The standard InChI is InChI=1S/C19H28BN3O/c1-14-17(5-4-16-6-7-20(2)24-19(14)16)10-15-11-23(12-15)13-18-21-8-9-22(18)3/h4-5,8-9,15,18,21H,6-7,10-13H2,1-3H3. The number of likely N-dealkylation sites (N-methyl/N-ethyl adjacent to an activating group) is 1. The average molecular weight is 325 g/mol. The minimum absolute atomic E-state index is 0.357. The zero-order chi connectivity index (χ0) is 16.7. The zero-order valence-corrected chi connectivity index (χ0v) is 15.1. The molecule has 0 amide bonds. The quantitative estimate of drug-likeness (QED) is 0.860. The van der Waals surface area contributed by atoms with Gasteiger partial charge < -0.3 is 14.9 Å². The van der Waals surface area contributed by atoms with Gasteiger partial charge >= 0.3 is 6.92 Å². The van der Waals surface area contributed by atoms with E-state index >= 15 is 0 Å². The first-order valence-corrected chi connectivity index (χ1v) is 9.25. The van der Waals surface area contributed by atoms with E-state index in [1.54, 1.807) is 0 Å². The molecule has 4 rings (SSSR count). The maximum absolute atomic E-state index is 6.13. The van der Waals surface area contributed by atoms with Gasteiger partial charge in [0.15, 0.2) is 0 Å². The van der Waals surface area contributed by atoms with Crippen molar-refractivity contribution in [3.05, 3.63) is 41.2 Å². The number of hydrogen-bond donors (Lipinski definition) is 1. The van der Waals surface area contributed by atoms with Gasteiger partial charge in [0.1, 0.15) is 11.9 Å². The van der Waals surface area contributed by atoms with Gasteiger partial charge in [-0.1, -0.05) is 12.1 Å². The van der Waals surface area contributed by atoms with Crippen molar-refractivity contribution in [3.8, 4) is 5.75 Å². The molecule has 0 aliphatic carbocycles.